The summed E-state index contributed by atoms with van der Waals surface area (Å²) < 4.78 is 16.9. The highest BCUT2D eigenvalue weighted by molar-refractivity contribution is 6.56. The number of hydrogen-bond acceptors (Lipinski definition) is 6. The predicted octanol–water partition coefficient (Wildman–Crippen LogP) is 2.02. The molecule has 1 fully saturated rings. The Labute approximate surface area is 154 Å². The van der Waals surface area contributed by atoms with Gasteiger partial charge in [-0.15, -0.1) is 0 Å². The van der Waals surface area contributed by atoms with E-state index in [2.05, 4.69) is 10.3 Å². The van der Waals surface area contributed by atoms with E-state index in [-0.39, 0.29) is 18.1 Å². The molecule has 1 aromatic heterocycles. The van der Waals surface area contributed by atoms with Crippen molar-refractivity contribution in [3.8, 4) is 0 Å². The van der Waals surface area contributed by atoms with Gasteiger partial charge in [-0.1, -0.05) is 6.08 Å². The van der Waals surface area contributed by atoms with Crippen LogP contribution < -0.4 is 5.32 Å². The van der Waals surface area contributed by atoms with E-state index >= 15 is 0 Å². The third kappa shape index (κ3) is 4.50. The minimum atomic E-state index is -0.610. The number of esters is 1. The van der Waals surface area contributed by atoms with Crippen LogP contribution in [-0.2, 0) is 18.8 Å². The second kappa shape index (κ2) is 7.59. The highest BCUT2D eigenvalue weighted by atomic mass is 16.7. The zero-order valence-corrected chi connectivity index (χ0v) is 16.1. The van der Waals surface area contributed by atoms with Gasteiger partial charge in [0.1, 0.15) is 5.69 Å². The number of ether oxygens (including phenoxy) is 1. The Hall–Kier alpha value is -2.19. The van der Waals surface area contributed by atoms with Crippen molar-refractivity contribution in [1.82, 2.24) is 10.3 Å². The number of amides is 1. The molecule has 0 bridgehead atoms. The zero-order valence-electron chi connectivity index (χ0n) is 16.1. The maximum Gasteiger partial charge on any atom is 0.492 e. The van der Waals surface area contributed by atoms with Crippen molar-refractivity contribution in [2.75, 3.05) is 13.7 Å². The number of carbonyl (C=O) groups excluding carboxylic acids is 2. The summed E-state index contributed by atoms with van der Waals surface area (Å²) in [6.07, 6.45) is 3.35. The molecule has 2 rings (SSSR count). The number of carbonyl (C=O) groups is 2. The number of pyridine rings is 1. The van der Waals surface area contributed by atoms with Crippen molar-refractivity contribution in [3.63, 3.8) is 0 Å². The molecule has 1 aliphatic rings. The lowest BCUT2D eigenvalue weighted by molar-refractivity contribution is -0.118. The first-order valence-corrected chi connectivity index (χ1v) is 8.40. The maximum absolute atomic E-state index is 11.7. The van der Waals surface area contributed by atoms with Gasteiger partial charge < -0.3 is 19.4 Å². The minimum Gasteiger partial charge on any atom is -0.464 e. The fourth-order valence-corrected chi connectivity index (χ4v) is 2.39. The van der Waals surface area contributed by atoms with E-state index in [1.54, 1.807) is 12.1 Å². The van der Waals surface area contributed by atoms with E-state index in [1.165, 1.54) is 20.2 Å². The Bertz CT molecular complexity index is 714. The third-order valence-electron chi connectivity index (χ3n) is 4.63. The molecule has 140 valence electrons. The number of rotatable bonds is 5. The van der Waals surface area contributed by atoms with E-state index in [0.29, 0.717) is 0 Å². The van der Waals surface area contributed by atoms with Crippen LogP contribution in [-0.4, -0.2) is 48.8 Å². The van der Waals surface area contributed by atoms with Crippen molar-refractivity contribution in [3.05, 3.63) is 35.1 Å². The smallest absolute Gasteiger partial charge is 0.464 e. The van der Waals surface area contributed by atoms with E-state index < -0.39 is 24.3 Å². The van der Waals surface area contributed by atoms with Gasteiger partial charge in [0.15, 0.2) is 0 Å². The van der Waals surface area contributed by atoms with Gasteiger partial charge >= 0.3 is 13.1 Å². The van der Waals surface area contributed by atoms with E-state index in [4.69, 9.17) is 14.0 Å². The minimum absolute atomic E-state index is 0.155. The zero-order chi connectivity index (χ0) is 19.5. The molecule has 1 saturated heterocycles. The highest BCUT2D eigenvalue weighted by Crippen LogP contribution is 2.38. The molecule has 0 aromatic carbocycles. The molecule has 7 nitrogen and oxygen atoms in total. The fourth-order valence-electron chi connectivity index (χ4n) is 2.39. The second-order valence-electron chi connectivity index (χ2n) is 7.18. The van der Waals surface area contributed by atoms with Gasteiger partial charge in [-0.25, -0.2) is 9.78 Å². The van der Waals surface area contributed by atoms with Crippen LogP contribution in [0.2, 0.25) is 0 Å². The van der Waals surface area contributed by atoms with Crippen LogP contribution in [0.15, 0.2) is 23.8 Å². The van der Waals surface area contributed by atoms with Gasteiger partial charge in [-0.3, -0.25) is 4.79 Å². The molecule has 0 radical (unpaired) electrons. The lowest BCUT2D eigenvalue weighted by Gasteiger charge is -2.32. The molecule has 1 amide bonds. The second-order valence-corrected chi connectivity index (χ2v) is 7.18. The SMILES string of the molecule is COC(=O)c1cc(C=C(CNC(C)=O)B2OC(C)(C)C(C)(C)O2)ccn1. The molecule has 2 heterocycles. The summed E-state index contributed by atoms with van der Waals surface area (Å²) in [4.78, 5) is 27.0. The Balaban J connectivity index is 2.35. The number of aromatic nitrogens is 1. The van der Waals surface area contributed by atoms with Gasteiger partial charge in [0, 0.05) is 19.7 Å². The number of nitrogens with zero attached hydrogens (tertiary/aromatic N) is 1. The quantitative estimate of drug-likeness (QED) is 0.639. The van der Waals surface area contributed by atoms with Crippen LogP contribution in [0.25, 0.3) is 6.08 Å². The van der Waals surface area contributed by atoms with Gasteiger partial charge in [0.05, 0.1) is 18.3 Å². The average Bonchev–Trinajstić information content (AvgIpc) is 2.78. The first kappa shape index (κ1) is 20.1. The van der Waals surface area contributed by atoms with E-state index in [9.17, 15) is 9.59 Å². The Morgan fingerprint density at radius 2 is 1.88 bits per heavy atom. The van der Waals surface area contributed by atoms with Gasteiger partial charge in [-0.2, -0.15) is 0 Å². The first-order chi connectivity index (χ1) is 12.1. The molecule has 0 spiro atoms. The number of hydrogen-bond donors (Lipinski definition) is 1. The molecular formula is C18H25BN2O5. The number of methoxy groups -OCH3 is 1. The summed E-state index contributed by atoms with van der Waals surface area (Å²) in [5, 5.41) is 2.77. The molecule has 0 saturated carbocycles. The monoisotopic (exact) mass is 360 g/mol. The summed E-state index contributed by atoms with van der Waals surface area (Å²) >= 11 is 0. The standard InChI is InChI=1S/C18H25BN2O5/c1-12(22)21-11-14(19-25-17(2,3)18(4,5)26-19)9-13-7-8-20-15(10-13)16(23)24-6/h7-10H,11H2,1-6H3,(H,21,22). The van der Waals surface area contributed by atoms with Gasteiger partial charge in [0.25, 0.3) is 0 Å². The molecule has 1 aromatic rings. The molecule has 0 unspecified atom stereocenters. The molecule has 8 heteroatoms. The molecule has 26 heavy (non-hydrogen) atoms. The van der Waals surface area contributed by atoms with Crippen LogP contribution >= 0.6 is 0 Å². The molecular weight excluding hydrogens is 335 g/mol. The van der Waals surface area contributed by atoms with Crippen molar-refractivity contribution in [2.24, 2.45) is 0 Å². The van der Waals surface area contributed by atoms with Crippen LogP contribution in [0.4, 0.5) is 0 Å². The molecule has 1 N–H and O–H groups in total. The normalized spacial score (nSPS) is 18.5. The van der Waals surface area contributed by atoms with E-state index in [1.807, 2.05) is 33.8 Å². The molecule has 0 aliphatic carbocycles. The molecule has 1 aliphatic heterocycles. The third-order valence-corrected chi connectivity index (χ3v) is 4.63. The van der Waals surface area contributed by atoms with Gasteiger partial charge in [-0.05, 0) is 50.9 Å². The van der Waals surface area contributed by atoms with Crippen LogP contribution in [0.3, 0.4) is 0 Å². The largest absolute Gasteiger partial charge is 0.492 e. The predicted molar refractivity (Wildman–Crippen MR) is 98.3 cm³/mol. The summed E-state index contributed by atoms with van der Waals surface area (Å²) in [5.74, 6) is -0.670. The first-order valence-electron chi connectivity index (χ1n) is 8.40. The van der Waals surface area contributed by atoms with Crippen LogP contribution in [0.1, 0.15) is 50.7 Å². The Morgan fingerprint density at radius 1 is 1.27 bits per heavy atom. The van der Waals surface area contributed by atoms with Crippen LogP contribution in [0.5, 0.6) is 0 Å². The summed E-state index contributed by atoms with van der Waals surface area (Å²) in [6, 6.07) is 3.37. The topological polar surface area (TPSA) is 86.8 Å². The lowest BCUT2D eigenvalue weighted by atomic mass is 9.77. The Kier molecular flexibility index (Phi) is 5.88. The van der Waals surface area contributed by atoms with Crippen molar-refractivity contribution >= 4 is 25.1 Å². The number of nitrogens with one attached hydrogen (secondary N) is 1. The summed E-state index contributed by atoms with van der Waals surface area (Å²) in [5.41, 5.74) is 0.676. The summed E-state index contributed by atoms with van der Waals surface area (Å²) in [7, 11) is 0.695. The van der Waals surface area contributed by atoms with Crippen molar-refractivity contribution in [1.29, 1.82) is 0 Å². The average molecular weight is 360 g/mol. The van der Waals surface area contributed by atoms with Crippen molar-refractivity contribution in [2.45, 2.75) is 45.8 Å². The van der Waals surface area contributed by atoms with Crippen molar-refractivity contribution < 1.29 is 23.6 Å². The lowest BCUT2D eigenvalue weighted by Crippen LogP contribution is -2.41. The Morgan fingerprint density at radius 3 is 2.42 bits per heavy atom. The fraction of sp³-hybridized carbons (Fsp3) is 0.500. The summed E-state index contributed by atoms with van der Waals surface area (Å²) in [6.45, 7) is 9.57. The maximum atomic E-state index is 11.7. The van der Waals surface area contributed by atoms with E-state index in [0.717, 1.165) is 11.0 Å². The van der Waals surface area contributed by atoms with Crippen LogP contribution in [0, 0.1) is 0 Å². The van der Waals surface area contributed by atoms with Gasteiger partial charge in [0.2, 0.25) is 5.91 Å². The molecule has 0 atom stereocenters. The highest BCUT2D eigenvalue weighted by Gasteiger charge is 2.52.